The summed E-state index contributed by atoms with van der Waals surface area (Å²) in [6.07, 6.45) is -1.68. The first-order valence-electron chi connectivity index (χ1n) is 21.3. The molecular formula is C54H48N2O. The van der Waals surface area contributed by atoms with Crippen LogP contribution in [0.1, 0.15) is 79.7 Å². The summed E-state index contributed by atoms with van der Waals surface area (Å²) in [6, 6.07) is 49.5. The average Bonchev–Trinajstić information content (AvgIpc) is 3.80. The molecule has 280 valence electrons. The van der Waals surface area contributed by atoms with Crippen LogP contribution in [0.15, 0.2) is 144 Å². The predicted octanol–water partition coefficient (Wildman–Crippen LogP) is 15.6. The number of imidazole rings is 1. The highest BCUT2D eigenvalue weighted by atomic mass is 16.3. The van der Waals surface area contributed by atoms with E-state index < -0.39 is 11.8 Å². The van der Waals surface area contributed by atoms with Gasteiger partial charge in [0.25, 0.3) is 0 Å². The summed E-state index contributed by atoms with van der Waals surface area (Å²) < 4.78 is 28.9. The first kappa shape index (κ1) is 33.0. The minimum Gasteiger partial charge on any atom is -0.455 e. The van der Waals surface area contributed by atoms with E-state index in [9.17, 15) is 2.74 Å². The second-order valence-electron chi connectivity index (χ2n) is 17.3. The Morgan fingerprint density at radius 3 is 1.95 bits per heavy atom. The van der Waals surface area contributed by atoms with Crippen molar-refractivity contribution >= 4 is 65.3 Å². The van der Waals surface area contributed by atoms with E-state index >= 15 is 0 Å². The zero-order valence-corrected chi connectivity index (χ0v) is 33.7. The molecule has 0 aliphatic rings. The quantitative estimate of drug-likeness (QED) is 0.159. The average molecular weight is 743 g/mol. The third-order valence-electron chi connectivity index (χ3n) is 11.5. The Balaban J connectivity index is 1.37. The molecule has 0 saturated carbocycles. The minimum atomic E-state index is -1.68. The van der Waals surface area contributed by atoms with Gasteiger partial charge in [-0.3, -0.25) is 4.57 Å². The smallest absolute Gasteiger partial charge is 0.149 e. The van der Waals surface area contributed by atoms with Crippen molar-refractivity contribution in [3.63, 3.8) is 0 Å². The fourth-order valence-corrected chi connectivity index (χ4v) is 8.92. The number of rotatable bonds is 6. The fourth-order valence-electron chi connectivity index (χ4n) is 8.92. The monoisotopic (exact) mass is 742 g/mol. The number of benzene rings is 8. The normalized spacial score (nSPS) is 13.3. The van der Waals surface area contributed by atoms with Gasteiger partial charge in [0.15, 0.2) is 0 Å². The van der Waals surface area contributed by atoms with Crippen molar-refractivity contribution in [2.24, 2.45) is 5.41 Å². The van der Waals surface area contributed by atoms with Crippen LogP contribution in [0, 0.1) is 5.41 Å². The van der Waals surface area contributed by atoms with E-state index in [-0.39, 0.29) is 11.8 Å². The molecule has 57 heavy (non-hydrogen) atoms. The standard InChI is InChI=1S/C54H48N2O/c1-32(2)43-28-39(34-15-9-8-10-16-34)29-44(33(3)4)50(43)56-51-41-20-14-12-18-36(41)24-26-47(51)55-53(56)42-25-23-38(31-54(5,6)7)49-46-27-37-22-21-35-17-11-13-19-40(35)45(37)30-48(46)57-52(42)49/h8-30,32-33H,31H2,1-7H3/i31D2. The van der Waals surface area contributed by atoms with E-state index in [0.717, 1.165) is 71.4 Å². The van der Waals surface area contributed by atoms with E-state index in [2.05, 4.69) is 166 Å². The molecule has 8 aromatic carbocycles. The van der Waals surface area contributed by atoms with Gasteiger partial charge < -0.3 is 4.42 Å². The first-order chi connectivity index (χ1) is 28.3. The Morgan fingerprint density at radius 1 is 0.614 bits per heavy atom. The first-order valence-corrected chi connectivity index (χ1v) is 20.3. The van der Waals surface area contributed by atoms with E-state index in [1.165, 1.54) is 27.6 Å². The Bertz CT molecular complexity index is 3260. The van der Waals surface area contributed by atoms with Gasteiger partial charge in [0.2, 0.25) is 0 Å². The number of nitrogens with zero attached hydrogens (tertiary/aromatic N) is 2. The van der Waals surface area contributed by atoms with Crippen molar-refractivity contribution in [2.75, 3.05) is 0 Å². The van der Waals surface area contributed by atoms with Gasteiger partial charge in [-0.15, -0.1) is 0 Å². The SMILES string of the molecule is [2H]C([2H])(c1ccc(-c2nc3ccc4ccccc4c3n2-c2c(C(C)C)cc(-c3ccccc3)cc2C(C)C)c2oc3cc4c(ccc5ccccc54)cc3c12)C(C)(C)C. The van der Waals surface area contributed by atoms with Crippen LogP contribution >= 0.6 is 0 Å². The summed E-state index contributed by atoms with van der Waals surface area (Å²) in [5.41, 5.74) is 10.1. The maximum Gasteiger partial charge on any atom is 0.149 e. The number of furan rings is 1. The predicted molar refractivity (Wildman–Crippen MR) is 243 cm³/mol. The lowest BCUT2D eigenvalue weighted by Crippen LogP contribution is -2.10. The van der Waals surface area contributed by atoms with Crippen LogP contribution in [0.25, 0.3) is 93.5 Å². The van der Waals surface area contributed by atoms with Crippen molar-refractivity contribution in [1.82, 2.24) is 9.55 Å². The molecule has 0 aliphatic heterocycles. The highest BCUT2D eigenvalue weighted by molar-refractivity contribution is 6.18. The molecule has 0 saturated heterocycles. The zero-order chi connectivity index (χ0) is 41.0. The number of hydrogen-bond donors (Lipinski definition) is 0. The second kappa shape index (κ2) is 13.2. The topological polar surface area (TPSA) is 31.0 Å². The van der Waals surface area contributed by atoms with Crippen LogP contribution < -0.4 is 0 Å². The molecule has 0 unspecified atom stereocenters. The molecule has 10 rings (SSSR count). The van der Waals surface area contributed by atoms with Crippen molar-refractivity contribution in [3.05, 3.63) is 156 Å². The Kier molecular flexibility index (Phi) is 7.64. The summed E-state index contributed by atoms with van der Waals surface area (Å²) in [5.74, 6) is 1.16. The summed E-state index contributed by atoms with van der Waals surface area (Å²) in [4.78, 5) is 5.56. The molecule has 10 aromatic rings. The van der Waals surface area contributed by atoms with Crippen molar-refractivity contribution < 1.29 is 7.16 Å². The highest BCUT2D eigenvalue weighted by Crippen LogP contribution is 2.46. The maximum atomic E-state index is 9.66. The molecular weight excluding hydrogens is 693 g/mol. The van der Waals surface area contributed by atoms with Gasteiger partial charge in [0, 0.05) is 18.9 Å². The van der Waals surface area contributed by atoms with Crippen LogP contribution in [0.2, 0.25) is 0 Å². The van der Waals surface area contributed by atoms with Crippen LogP contribution in [0.4, 0.5) is 0 Å². The second-order valence-corrected chi connectivity index (χ2v) is 17.3. The van der Waals surface area contributed by atoms with Gasteiger partial charge in [0.05, 0.1) is 22.3 Å². The van der Waals surface area contributed by atoms with Gasteiger partial charge >= 0.3 is 0 Å². The molecule has 0 N–H and O–H groups in total. The van der Waals surface area contributed by atoms with Crippen molar-refractivity contribution in [1.29, 1.82) is 0 Å². The molecule has 2 aromatic heterocycles. The summed E-state index contributed by atoms with van der Waals surface area (Å²) in [7, 11) is 0. The summed E-state index contributed by atoms with van der Waals surface area (Å²) in [6.45, 7) is 15.0. The molecule has 0 fully saturated rings. The van der Waals surface area contributed by atoms with Gasteiger partial charge in [-0.25, -0.2) is 4.98 Å². The van der Waals surface area contributed by atoms with Gasteiger partial charge in [0.1, 0.15) is 17.0 Å². The minimum absolute atomic E-state index is 0.196. The number of fused-ring (bicyclic) bond motifs is 9. The largest absolute Gasteiger partial charge is 0.455 e. The molecule has 3 nitrogen and oxygen atoms in total. The van der Waals surface area contributed by atoms with E-state index in [4.69, 9.17) is 9.40 Å². The molecule has 0 aliphatic carbocycles. The lowest BCUT2D eigenvalue weighted by molar-refractivity contribution is 0.412. The van der Waals surface area contributed by atoms with E-state index in [0.29, 0.717) is 11.1 Å². The third kappa shape index (κ3) is 5.82. The van der Waals surface area contributed by atoms with Crippen molar-refractivity contribution in [2.45, 2.75) is 66.7 Å². The lowest BCUT2D eigenvalue weighted by Gasteiger charge is -2.25. The van der Waals surface area contributed by atoms with Crippen LogP contribution in [0.3, 0.4) is 0 Å². The molecule has 3 heteroatoms. The van der Waals surface area contributed by atoms with Crippen LogP contribution in [-0.2, 0) is 6.37 Å². The number of aromatic nitrogens is 2. The lowest BCUT2D eigenvalue weighted by atomic mass is 9.85. The summed E-state index contributed by atoms with van der Waals surface area (Å²) >= 11 is 0. The highest BCUT2D eigenvalue weighted by Gasteiger charge is 2.28. The zero-order valence-electron chi connectivity index (χ0n) is 35.7. The van der Waals surface area contributed by atoms with Crippen LogP contribution in [0.5, 0.6) is 0 Å². The third-order valence-corrected chi connectivity index (χ3v) is 11.5. The van der Waals surface area contributed by atoms with Crippen LogP contribution in [-0.4, -0.2) is 9.55 Å². The molecule has 0 amide bonds. The molecule has 2 heterocycles. The van der Waals surface area contributed by atoms with Gasteiger partial charge in [-0.1, -0.05) is 152 Å². The summed E-state index contributed by atoms with van der Waals surface area (Å²) in [5, 5.41) is 8.49. The maximum absolute atomic E-state index is 9.66. The van der Waals surface area contributed by atoms with E-state index in [1.54, 1.807) is 0 Å². The van der Waals surface area contributed by atoms with Gasteiger partial charge in [-0.05, 0) is 115 Å². The molecule has 0 atom stereocenters. The Hall–Kier alpha value is -6.19. The fraction of sp³-hybridized carbons (Fsp3) is 0.204. The molecule has 0 spiro atoms. The molecule has 0 radical (unpaired) electrons. The van der Waals surface area contributed by atoms with Crippen molar-refractivity contribution in [3.8, 4) is 28.2 Å². The molecule has 0 bridgehead atoms. The Labute approximate surface area is 337 Å². The van der Waals surface area contributed by atoms with E-state index in [1.807, 2.05) is 26.8 Å². The Morgan fingerprint density at radius 2 is 1.25 bits per heavy atom. The number of hydrogen-bond acceptors (Lipinski definition) is 2. The van der Waals surface area contributed by atoms with Gasteiger partial charge in [-0.2, -0.15) is 0 Å².